The first-order valence-corrected chi connectivity index (χ1v) is 11.6. The summed E-state index contributed by atoms with van der Waals surface area (Å²) in [5, 5.41) is 3.10. The topological polar surface area (TPSA) is 97.4 Å². The van der Waals surface area contributed by atoms with Crippen molar-refractivity contribution in [2.24, 2.45) is 0 Å². The molecular formula is C22H19N3O4S2. The Kier molecular flexibility index (Phi) is 5.62. The second-order valence-electron chi connectivity index (χ2n) is 6.80. The normalized spacial score (nSPS) is 11.3. The van der Waals surface area contributed by atoms with Crippen LogP contribution in [0, 0.1) is 6.92 Å². The summed E-state index contributed by atoms with van der Waals surface area (Å²) in [6, 6.07) is 18.6. The summed E-state index contributed by atoms with van der Waals surface area (Å²) in [6.07, 6.45) is 0. The van der Waals surface area contributed by atoms with Gasteiger partial charge in [-0.3, -0.25) is 9.52 Å². The molecular weight excluding hydrogens is 434 g/mol. The first-order valence-electron chi connectivity index (χ1n) is 9.29. The summed E-state index contributed by atoms with van der Waals surface area (Å²) < 4.78 is 33.6. The van der Waals surface area contributed by atoms with Crippen LogP contribution in [0.3, 0.4) is 0 Å². The first kappa shape index (κ1) is 20.8. The second-order valence-corrected chi connectivity index (χ2v) is 9.52. The highest BCUT2D eigenvalue weighted by molar-refractivity contribution is 7.93. The molecule has 0 saturated heterocycles. The van der Waals surface area contributed by atoms with Crippen molar-refractivity contribution in [1.82, 2.24) is 4.98 Å². The molecule has 0 aliphatic carbocycles. The number of sulfonamides is 1. The van der Waals surface area contributed by atoms with Gasteiger partial charge in [0.25, 0.3) is 15.9 Å². The number of aryl methyl sites for hydroxylation is 1. The predicted molar refractivity (Wildman–Crippen MR) is 123 cm³/mol. The van der Waals surface area contributed by atoms with Crippen LogP contribution in [-0.4, -0.2) is 26.4 Å². The van der Waals surface area contributed by atoms with Crippen LogP contribution in [0.1, 0.15) is 15.9 Å². The molecule has 1 heterocycles. The van der Waals surface area contributed by atoms with Crippen LogP contribution in [-0.2, 0) is 10.0 Å². The number of methoxy groups -OCH3 is 1. The summed E-state index contributed by atoms with van der Waals surface area (Å²) in [4.78, 5) is 17.0. The Morgan fingerprint density at radius 2 is 1.71 bits per heavy atom. The van der Waals surface area contributed by atoms with Gasteiger partial charge in [-0.1, -0.05) is 29.0 Å². The number of thiazole rings is 1. The summed E-state index contributed by atoms with van der Waals surface area (Å²) >= 11 is 1.19. The van der Waals surface area contributed by atoms with Gasteiger partial charge in [-0.25, -0.2) is 13.4 Å². The van der Waals surface area contributed by atoms with E-state index >= 15 is 0 Å². The van der Waals surface area contributed by atoms with E-state index in [4.69, 9.17) is 4.74 Å². The lowest BCUT2D eigenvalue weighted by molar-refractivity contribution is 0.102. The van der Waals surface area contributed by atoms with E-state index in [1.54, 1.807) is 73.8 Å². The summed E-state index contributed by atoms with van der Waals surface area (Å²) in [6.45, 7) is 1.89. The van der Waals surface area contributed by atoms with Gasteiger partial charge in [0.15, 0.2) is 5.13 Å². The lowest BCUT2D eigenvalue weighted by Crippen LogP contribution is -2.12. The molecule has 0 spiro atoms. The number of carbonyl (C=O) groups is 1. The van der Waals surface area contributed by atoms with Crippen molar-refractivity contribution < 1.29 is 17.9 Å². The Balaban J connectivity index is 1.52. The van der Waals surface area contributed by atoms with E-state index in [0.717, 1.165) is 10.3 Å². The number of aromatic nitrogens is 1. The van der Waals surface area contributed by atoms with Crippen molar-refractivity contribution in [1.29, 1.82) is 0 Å². The third-order valence-corrected chi connectivity index (χ3v) is 6.97. The highest BCUT2D eigenvalue weighted by Gasteiger charge is 2.17. The van der Waals surface area contributed by atoms with Gasteiger partial charge in [-0.2, -0.15) is 0 Å². The van der Waals surface area contributed by atoms with Gasteiger partial charge in [-0.15, -0.1) is 0 Å². The monoisotopic (exact) mass is 453 g/mol. The van der Waals surface area contributed by atoms with Crippen LogP contribution < -0.4 is 14.8 Å². The Hall–Kier alpha value is -3.43. The van der Waals surface area contributed by atoms with Gasteiger partial charge in [0.2, 0.25) is 0 Å². The van der Waals surface area contributed by atoms with Crippen LogP contribution in [0.2, 0.25) is 0 Å². The van der Waals surface area contributed by atoms with Crippen molar-refractivity contribution >= 4 is 48.3 Å². The summed E-state index contributed by atoms with van der Waals surface area (Å²) in [5.41, 5.74) is 2.69. The Morgan fingerprint density at radius 3 is 2.39 bits per heavy atom. The standard InChI is InChI=1S/C22H19N3O4S2/c1-14-3-10-18(11-4-14)31(27,28)25-22-24-19-12-7-16(13-20(19)30-22)23-21(26)15-5-8-17(29-2)9-6-15/h3-13H,1-2H3,(H,23,26)(H,24,25). The van der Waals surface area contributed by atoms with Crippen LogP contribution in [0.4, 0.5) is 10.8 Å². The molecule has 2 N–H and O–H groups in total. The van der Waals surface area contributed by atoms with Crippen LogP contribution in [0.5, 0.6) is 5.75 Å². The maximum atomic E-state index is 12.6. The third kappa shape index (κ3) is 4.68. The van der Waals surface area contributed by atoms with Gasteiger partial charge in [0.1, 0.15) is 5.75 Å². The molecule has 0 aliphatic heterocycles. The molecule has 4 rings (SSSR count). The van der Waals surface area contributed by atoms with E-state index in [1.165, 1.54) is 11.3 Å². The lowest BCUT2D eigenvalue weighted by atomic mass is 10.2. The van der Waals surface area contributed by atoms with Crippen molar-refractivity contribution in [3.8, 4) is 5.75 Å². The number of hydrogen-bond acceptors (Lipinski definition) is 6. The molecule has 0 radical (unpaired) electrons. The molecule has 31 heavy (non-hydrogen) atoms. The fraction of sp³-hybridized carbons (Fsp3) is 0.0909. The van der Waals surface area contributed by atoms with Crippen molar-refractivity contribution in [2.75, 3.05) is 17.1 Å². The number of anilines is 2. The fourth-order valence-electron chi connectivity index (χ4n) is 2.88. The molecule has 0 saturated carbocycles. The minimum absolute atomic E-state index is 0.171. The molecule has 0 atom stereocenters. The first-order chi connectivity index (χ1) is 14.8. The number of fused-ring (bicyclic) bond motifs is 1. The molecule has 7 nitrogen and oxygen atoms in total. The van der Waals surface area contributed by atoms with Gasteiger partial charge < -0.3 is 10.1 Å². The molecule has 4 aromatic rings. The fourth-order valence-corrected chi connectivity index (χ4v) is 5.02. The zero-order valence-electron chi connectivity index (χ0n) is 16.7. The van der Waals surface area contributed by atoms with Gasteiger partial charge >= 0.3 is 0 Å². The minimum Gasteiger partial charge on any atom is -0.497 e. The number of hydrogen-bond donors (Lipinski definition) is 2. The summed E-state index contributed by atoms with van der Waals surface area (Å²) in [5.74, 6) is 0.412. The zero-order valence-corrected chi connectivity index (χ0v) is 18.4. The Labute approximate surface area is 183 Å². The number of amides is 1. The highest BCUT2D eigenvalue weighted by Crippen LogP contribution is 2.30. The van der Waals surface area contributed by atoms with E-state index in [9.17, 15) is 13.2 Å². The van der Waals surface area contributed by atoms with Crippen LogP contribution in [0.15, 0.2) is 71.6 Å². The van der Waals surface area contributed by atoms with E-state index in [2.05, 4.69) is 15.0 Å². The Bertz CT molecular complexity index is 1350. The lowest BCUT2D eigenvalue weighted by Gasteiger charge is -2.06. The van der Waals surface area contributed by atoms with Crippen molar-refractivity contribution in [2.45, 2.75) is 11.8 Å². The number of nitrogens with one attached hydrogen (secondary N) is 2. The SMILES string of the molecule is COc1ccc(C(=O)Nc2ccc3nc(NS(=O)(=O)c4ccc(C)cc4)sc3c2)cc1. The maximum absolute atomic E-state index is 12.6. The van der Waals surface area contributed by atoms with Crippen LogP contribution >= 0.6 is 11.3 Å². The molecule has 0 unspecified atom stereocenters. The number of nitrogens with zero attached hydrogens (tertiary/aromatic N) is 1. The number of rotatable bonds is 6. The average Bonchev–Trinajstić information content (AvgIpc) is 3.14. The molecule has 0 aliphatic rings. The Morgan fingerprint density at radius 1 is 1.00 bits per heavy atom. The molecule has 158 valence electrons. The number of carbonyl (C=O) groups excluding carboxylic acids is 1. The van der Waals surface area contributed by atoms with E-state index in [0.29, 0.717) is 22.5 Å². The predicted octanol–water partition coefficient (Wildman–Crippen LogP) is 4.67. The number of benzene rings is 3. The average molecular weight is 454 g/mol. The quantitative estimate of drug-likeness (QED) is 0.442. The van der Waals surface area contributed by atoms with Crippen molar-refractivity contribution in [3.63, 3.8) is 0 Å². The van der Waals surface area contributed by atoms with Crippen LogP contribution in [0.25, 0.3) is 10.2 Å². The second kappa shape index (κ2) is 8.37. The summed E-state index contributed by atoms with van der Waals surface area (Å²) in [7, 11) is -2.17. The molecule has 1 aromatic heterocycles. The van der Waals surface area contributed by atoms with Gasteiger partial charge in [0.05, 0.1) is 22.2 Å². The molecule has 3 aromatic carbocycles. The largest absolute Gasteiger partial charge is 0.497 e. The maximum Gasteiger partial charge on any atom is 0.263 e. The zero-order chi connectivity index (χ0) is 22.0. The van der Waals surface area contributed by atoms with Gasteiger partial charge in [-0.05, 0) is 61.5 Å². The van der Waals surface area contributed by atoms with E-state index in [-0.39, 0.29) is 15.9 Å². The minimum atomic E-state index is -3.73. The highest BCUT2D eigenvalue weighted by atomic mass is 32.2. The molecule has 1 amide bonds. The third-order valence-electron chi connectivity index (χ3n) is 4.55. The van der Waals surface area contributed by atoms with E-state index < -0.39 is 10.0 Å². The van der Waals surface area contributed by atoms with E-state index in [1.807, 2.05) is 6.92 Å². The molecule has 9 heteroatoms. The smallest absolute Gasteiger partial charge is 0.263 e. The molecule has 0 fully saturated rings. The van der Waals surface area contributed by atoms with Gasteiger partial charge in [0, 0.05) is 11.3 Å². The molecule has 0 bridgehead atoms. The van der Waals surface area contributed by atoms with Crippen molar-refractivity contribution in [3.05, 3.63) is 77.9 Å². The number of ether oxygens (including phenoxy) is 1.